The van der Waals surface area contributed by atoms with Gasteiger partial charge in [-0.2, -0.15) is 22.7 Å². The van der Waals surface area contributed by atoms with E-state index in [2.05, 4.69) is 107 Å². The zero-order chi connectivity index (χ0) is 54.9. The zero-order valence-electron chi connectivity index (χ0n) is 46.2. The number of fused-ring (bicyclic) bond motifs is 3. The summed E-state index contributed by atoms with van der Waals surface area (Å²) in [5.74, 6) is 1.68. The molecule has 6 aromatic carbocycles. The van der Waals surface area contributed by atoms with Crippen molar-refractivity contribution in [3.63, 3.8) is 0 Å². The largest absolute Gasteiger partial charge is 0.478 e. The van der Waals surface area contributed by atoms with E-state index in [1.54, 1.807) is 54.6 Å². The second kappa shape index (κ2) is 34.7. The van der Waals surface area contributed by atoms with Crippen LogP contribution in [0.15, 0.2) is 107 Å². The summed E-state index contributed by atoms with van der Waals surface area (Å²) in [7, 11) is 7.72. The van der Waals surface area contributed by atoms with Crippen LogP contribution in [0.25, 0.3) is 33.1 Å². The predicted molar refractivity (Wildman–Crippen MR) is 319 cm³/mol. The Labute approximate surface area is 592 Å². The Morgan fingerprint density at radius 3 is 1.30 bits per heavy atom. The first-order valence-corrected chi connectivity index (χ1v) is 25.6. The number of imidazole rings is 3. The number of nitrogens with one attached hydrogen (secondary N) is 3. The van der Waals surface area contributed by atoms with Gasteiger partial charge in [0.25, 0.3) is 0 Å². The van der Waals surface area contributed by atoms with Crippen LogP contribution >= 0.6 is 0 Å². The summed E-state index contributed by atoms with van der Waals surface area (Å²) in [6.07, 6.45) is 13.2. The number of hydrogen-bond acceptors (Lipinski definition) is 15. The van der Waals surface area contributed by atoms with E-state index < -0.39 is 11.9 Å². The van der Waals surface area contributed by atoms with E-state index in [9.17, 15) is 9.59 Å². The molecule has 19 nitrogen and oxygen atoms in total. The number of carbonyl (C=O) groups excluding carboxylic acids is 1. The molecule has 12 rings (SSSR count). The molecule has 0 bridgehead atoms. The van der Waals surface area contributed by atoms with Gasteiger partial charge in [-0.05, 0) is 128 Å². The van der Waals surface area contributed by atoms with Crippen molar-refractivity contribution in [1.82, 2.24) is 44.6 Å². The number of aliphatic imine (C=N–C) groups is 2. The number of carbonyl (C=O) groups is 2. The number of aromatic amines is 3. The molecule has 0 unspecified atom stereocenters. The molecular weight excluding hydrogens is 1360 g/mol. The predicted octanol–water partition coefficient (Wildman–Crippen LogP) is 10.2. The maximum atomic E-state index is 11.0. The number of ether oxygens (including phenoxy) is 1. The number of nitrogen functional groups attached to an aromatic ring is 4. The molecule has 3 aliphatic rings. The van der Waals surface area contributed by atoms with E-state index in [0.717, 1.165) is 101 Å². The molecule has 84 heavy (non-hydrogen) atoms. The van der Waals surface area contributed by atoms with E-state index >= 15 is 0 Å². The molecule has 0 amide bonds. The Balaban J connectivity index is 0.000000348. The number of benzene rings is 6. The third kappa shape index (κ3) is 19.3. The average Bonchev–Trinajstić information content (AvgIpc) is 4.37. The number of carboxylic acid groups (broad SMARTS) is 1. The van der Waals surface area contributed by atoms with Crippen LogP contribution in [-0.4, -0.2) is 122 Å². The molecule has 0 aliphatic carbocycles. The molecule has 6 heterocycles. The minimum absolute atomic E-state index is 0. The SMILES string of the molecule is C.C.CN1CCC[C@H]1c1nc2ccc(C(=O)O)cc2[nH]1.CN1CCC[C@H]1c1nc2ccc([C-]=Nc3[c-]cc(N=[C-]c4ccc5nc([C@@H]6CCCN6C)[nH]c5c4)[c-]c3)cc2[nH]1.COC(=O)c1ccc(N)c(N)c1.Nc1[c-]cc(N)[c-]c1.[Y].[Y].[Y].[Y]. The Hall–Kier alpha value is -4.49. The number of nitrogens with zero attached hydrogens (tertiary/aromatic N) is 8. The second-order valence-corrected chi connectivity index (χ2v) is 19.4. The number of methoxy groups -OCH3 is 1. The topological polar surface area (TPSA) is 288 Å². The van der Waals surface area contributed by atoms with Crippen LogP contribution in [0.2, 0.25) is 0 Å². The standard InChI is InChI=1S/C32H30N8.C13H15N3O2.C8H10N2O2.C6H6N2.2CH4.4Y/c1-39-15-3-5-29(39)31-35-25-13-7-21(17-27(25)37-31)19-33-23-9-11-24(12-10-23)34-20-22-8-14-26-28(18-22)38-32(36-26)30-6-4-16-40(30)2;1-16-6-2-3-11(16)12-14-9-5-4-8(13(17)18)7-10(9)15-12;1-12-8(11)5-2-3-6(9)7(10)4-5;7-5-1-2-6(8)4-3-5;;;;;;/h7-9,12-14,17-18,29-30H,3-6,15-16H2,1-2H3,(H,35,37)(H,36,38);4-5,7,11H,2-3,6H2,1H3,(H,14,15)(H,17,18);2-4H,9-10H2,1H3;1,4H,7-8H2;2*1H4;;;;/q-4;;;-2;;;;;;/t29-,30-;11-;;;;;;;;/m00......../s1. The van der Waals surface area contributed by atoms with Crippen molar-refractivity contribution >= 4 is 91.6 Å². The number of nitrogens with two attached hydrogens (primary N) is 4. The molecule has 9 aromatic rings. The fourth-order valence-electron chi connectivity index (χ4n) is 9.57. The molecule has 3 aliphatic heterocycles. The molecule has 4 radical (unpaired) electrons. The summed E-state index contributed by atoms with van der Waals surface area (Å²) in [6.45, 7) is 3.31. The van der Waals surface area contributed by atoms with Gasteiger partial charge in [0.2, 0.25) is 0 Å². The van der Waals surface area contributed by atoms with E-state index in [4.69, 9.17) is 38.0 Å². The van der Waals surface area contributed by atoms with Gasteiger partial charge in [0.15, 0.2) is 0 Å². The summed E-state index contributed by atoms with van der Waals surface area (Å²) in [6, 6.07) is 41.2. The van der Waals surface area contributed by atoms with E-state index in [1.807, 2.05) is 36.4 Å². The van der Waals surface area contributed by atoms with Crippen molar-refractivity contribution in [3.8, 4) is 0 Å². The number of esters is 1. The third-order valence-electron chi connectivity index (χ3n) is 13.9. The first-order chi connectivity index (χ1) is 37.7. The molecule has 3 saturated heterocycles. The number of aromatic nitrogens is 6. The number of rotatable bonds is 9. The van der Waals surface area contributed by atoms with Gasteiger partial charge in [0.1, 0.15) is 17.5 Å². The zero-order valence-corrected chi connectivity index (χ0v) is 57.6. The van der Waals surface area contributed by atoms with Gasteiger partial charge in [-0.1, -0.05) is 27.0 Å². The number of H-pyrrole nitrogens is 3. The normalized spacial score (nSPS) is 16.5. The minimum atomic E-state index is -0.911. The van der Waals surface area contributed by atoms with Crippen LogP contribution in [0, 0.1) is 24.3 Å². The van der Waals surface area contributed by atoms with Crippen molar-refractivity contribution in [1.29, 1.82) is 0 Å². The molecule has 12 N–H and O–H groups in total. The van der Waals surface area contributed by atoms with Gasteiger partial charge >= 0.3 is 11.9 Å². The van der Waals surface area contributed by atoms with E-state index in [1.165, 1.54) is 32.4 Å². The van der Waals surface area contributed by atoms with Crippen LogP contribution in [-0.2, 0) is 136 Å². The van der Waals surface area contributed by atoms with Crippen LogP contribution in [0.5, 0.6) is 0 Å². The van der Waals surface area contributed by atoms with E-state index in [-0.39, 0.29) is 151 Å². The second-order valence-electron chi connectivity index (χ2n) is 19.4. The van der Waals surface area contributed by atoms with Gasteiger partial charge in [0.05, 0.1) is 69.8 Å². The Morgan fingerprint density at radius 2 is 0.952 bits per heavy atom. The Kier molecular flexibility index (Phi) is 30.5. The van der Waals surface area contributed by atoms with Gasteiger partial charge in [-0.25, -0.2) is 30.6 Å². The molecule has 0 spiro atoms. The van der Waals surface area contributed by atoms with Crippen molar-refractivity contribution in [2.24, 2.45) is 9.98 Å². The Bertz CT molecular complexity index is 3460. The average molecular weight is 1430 g/mol. The fourth-order valence-corrected chi connectivity index (χ4v) is 9.57. The third-order valence-corrected chi connectivity index (χ3v) is 13.9. The summed E-state index contributed by atoms with van der Waals surface area (Å²) in [5, 5.41) is 8.96. The fraction of sp³-hybridized carbons (Fsp3) is 0.295. The summed E-state index contributed by atoms with van der Waals surface area (Å²) in [4.78, 5) is 62.2. The number of anilines is 4. The Morgan fingerprint density at radius 1 is 0.560 bits per heavy atom. The maximum absolute atomic E-state index is 11.0. The van der Waals surface area contributed by atoms with Gasteiger partial charge in [0, 0.05) is 142 Å². The monoisotopic (exact) mass is 1430 g/mol. The molecule has 3 atom stereocenters. The van der Waals surface area contributed by atoms with Crippen molar-refractivity contribution < 1.29 is 150 Å². The summed E-state index contributed by atoms with van der Waals surface area (Å²) >= 11 is 0. The first-order valence-electron chi connectivity index (χ1n) is 25.6. The number of likely N-dealkylation sites (tertiary alicyclic amines) is 3. The van der Waals surface area contributed by atoms with Crippen LogP contribution < -0.4 is 22.9 Å². The molecule has 3 fully saturated rings. The van der Waals surface area contributed by atoms with Gasteiger partial charge in [-0.3, -0.25) is 57.2 Å². The molecule has 3 aromatic heterocycles. The van der Waals surface area contributed by atoms with Crippen LogP contribution in [0.3, 0.4) is 0 Å². The van der Waals surface area contributed by atoms with E-state index in [0.29, 0.717) is 57.8 Å². The summed E-state index contributed by atoms with van der Waals surface area (Å²) in [5.41, 5.74) is 32.8. The molecule has 23 heteroatoms. The number of carboxylic acids is 1. The molecule has 0 saturated carbocycles. The number of aromatic carboxylic acids is 1. The van der Waals surface area contributed by atoms with Crippen molar-refractivity contribution in [3.05, 3.63) is 161 Å². The molecular formula is C61H69N15O4Y4-6. The van der Waals surface area contributed by atoms with Crippen molar-refractivity contribution in [2.75, 3.05) is 70.8 Å². The first kappa shape index (κ1) is 73.8. The minimum Gasteiger partial charge on any atom is -0.478 e. The maximum Gasteiger partial charge on any atom is 0.337 e. The van der Waals surface area contributed by atoms with Crippen LogP contribution in [0.4, 0.5) is 34.1 Å². The smallest absolute Gasteiger partial charge is 0.337 e. The molecule has 430 valence electrons. The number of hydrogen-bond donors (Lipinski definition) is 8. The van der Waals surface area contributed by atoms with Crippen molar-refractivity contribution in [2.45, 2.75) is 71.5 Å². The van der Waals surface area contributed by atoms with Gasteiger partial charge < -0.3 is 57.7 Å². The summed E-state index contributed by atoms with van der Waals surface area (Å²) < 4.78 is 4.50. The van der Waals surface area contributed by atoms with Crippen LogP contribution in [0.1, 0.15) is 121 Å². The quantitative estimate of drug-likeness (QED) is 0.0289. The van der Waals surface area contributed by atoms with Gasteiger partial charge in [-0.15, -0.1) is 35.4 Å².